The van der Waals surface area contributed by atoms with Gasteiger partial charge in [0.25, 0.3) is 5.91 Å². The van der Waals surface area contributed by atoms with Crippen LogP contribution in [0.5, 0.6) is 0 Å². The summed E-state index contributed by atoms with van der Waals surface area (Å²) in [5, 5.41) is 3.41. The molecule has 94 valence electrons. The number of nitrogens with two attached hydrogens (primary N) is 1. The first kappa shape index (κ1) is 12.9. The lowest BCUT2D eigenvalue weighted by molar-refractivity contribution is 0.0925. The Kier molecular flexibility index (Phi) is 4.82. The van der Waals surface area contributed by atoms with Gasteiger partial charge in [0, 0.05) is 29.1 Å². The summed E-state index contributed by atoms with van der Waals surface area (Å²) < 4.78 is 5.29. The average molecular weight is 272 g/mol. The molecular weight excluding hydrogens is 256 g/mol. The van der Waals surface area contributed by atoms with Crippen molar-refractivity contribution in [2.24, 2.45) is 5.73 Å². The summed E-state index contributed by atoms with van der Waals surface area (Å²) in [6.45, 7) is 1.03. The van der Waals surface area contributed by atoms with Crippen LogP contribution in [0.1, 0.15) is 16.3 Å². The second-order valence-electron chi connectivity index (χ2n) is 3.75. The Labute approximate surface area is 109 Å². The smallest absolute Gasteiger partial charge is 0.287 e. The van der Waals surface area contributed by atoms with Crippen molar-refractivity contribution in [2.75, 3.05) is 23.8 Å². The van der Waals surface area contributed by atoms with Gasteiger partial charge in [-0.25, -0.2) is 0 Å². The van der Waals surface area contributed by atoms with Crippen molar-refractivity contribution in [1.82, 2.24) is 5.32 Å². The molecule has 1 saturated heterocycles. The summed E-state index contributed by atoms with van der Waals surface area (Å²) >= 11 is 3.87. The third-order valence-corrected chi connectivity index (χ3v) is 5.31. The zero-order valence-corrected chi connectivity index (χ0v) is 11.1. The van der Waals surface area contributed by atoms with Gasteiger partial charge in [-0.1, -0.05) is 0 Å². The summed E-state index contributed by atoms with van der Waals surface area (Å²) in [6.07, 6.45) is 0. The summed E-state index contributed by atoms with van der Waals surface area (Å²) in [5.74, 6) is 4.32. The topological polar surface area (TPSA) is 68.3 Å². The maximum atomic E-state index is 11.8. The van der Waals surface area contributed by atoms with Crippen LogP contribution >= 0.6 is 23.5 Å². The number of thioether (sulfide) groups is 2. The van der Waals surface area contributed by atoms with E-state index in [1.54, 1.807) is 12.1 Å². The molecule has 1 fully saturated rings. The highest BCUT2D eigenvalue weighted by Crippen LogP contribution is 2.23. The van der Waals surface area contributed by atoms with Gasteiger partial charge in [-0.05, 0) is 12.1 Å². The average Bonchev–Trinajstić information content (AvgIpc) is 2.86. The lowest BCUT2D eigenvalue weighted by Crippen LogP contribution is -2.33. The molecule has 0 aromatic carbocycles. The summed E-state index contributed by atoms with van der Waals surface area (Å²) in [5.41, 5.74) is 5.42. The predicted molar refractivity (Wildman–Crippen MR) is 72.5 cm³/mol. The largest absolute Gasteiger partial charge is 0.455 e. The van der Waals surface area contributed by atoms with Crippen molar-refractivity contribution in [2.45, 2.75) is 11.8 Å². The molecule has 2 rings (SSSR count). The standard InChI is InChI=1S/C11H16N2O2S2/c12-5-8-1-2-10(15-8)11(14)13-6-9-7-16-3-4-17-9/h1-2,9H,3-7,12H2,(H,13,14). The van der Waals surface area contributed by atoms with E-state index < -0.39 is 0 Å². The Balaban J connectivity index is 1.80. The van der Waals surface area contributed by atoms with Crippen molar-refractivity contribution in [1.29, 1.82) is 0 Å². The first-order valence-electron chi connectivity index (χ1n) is 5.56. The molecule has 0 bridgehead atoms. The van der Waals surface area contributed by atoms with E-state index in [9.17, 15) is 4.79 Å². The fraction of sp³-hybridized carbons (Fsp3) is 0.545. The molecule has 1 atom stereocenters. The molecule has 6 heteroatoms. The van der Waals surface area contributed by atoms with Gasteiger partial charge in [-0.15, -0.1) is 0 Å². The van der Waals surface area contributed by atoms with Crippen molar-refractivity contribution in [3.05, 3.63) is 23.7 Å². The monoisotopic (exact) mass is 272 g/mol. The number of rotatable bonds is 4. The van der Waals surface area contributed by atoms with E-state index in [1.165, 1.54) is 11.5 Å². The first-order chi connectivity index (χ1) is 8.29. The molecule has 1 amide bonds. The number of amides is 1. The highest BCUT2D eigenvalue weighted by molar-refractivity contribution is 8.06. The van der Waals surface area contributed by atoms with Crippen molar-refractivity contribution < 1.29 is 9.21 Å². The van der Waals surface area contributed by atoms with Crippen molar-refractivity contribution >= 4 is 29.4 Å². The van der Waals surface area contributed by atoms with E-state index in [4.69, 9.17) is 10.2 Å². The summed E-state index contributed by atoms with van der Waals surface area (Å²) in [7, 11) is 0. The van der Waals surface area contributed by atoms with E-state index >= 15 is 0 Å². The molecule has 0 spiro atoms. The summed E-state index contributed by atoms with van der Waals surface area (Å²) in [4.78, 5) is 11.8. The van der Waals surface area contributed by atoms with Crippen LogP contribution in [0.25, 0.3) is 0 Å². The maximum Gasteiger partial charge on any atom is 0.287 e. The van der Waals surface area contributed by atoms with Gasteiger partial charge in [0.05, 0.1) is 6.54 Å². The predicted octanol–water partition coefficient (Wildman–Crippen LogP) is 1.32. The van der Waals surface area contributed by atoms with Crippen LogP contribution in [0.3, 0.4) is 0 Å². The van der Waals surface area contributed by atoms with Crippen LogP contribution in [0.4, 0.5) is 0 Å². The number of hydrogen-bond donors (Lipinski definition) is 2. The van der Waals surface area contributed by atoms with Crippen LogP contribution < -0.4 is 11.1 Å². The molecule has 1 aromatic rings. The van der Waals surface area contributed by atoms with Gasteiger partial charge in [0.2, 0.25) is 0 Å². The van der Waals surface area contributed by atoms with E-state index in [-0.39, 0.29) is 5.91 Å². The zero-order chi connectivity index (χ0) is 12.1. The van der Waals surface area contributed by atoms with Gasteiger partial charge in [0.15, 0.2) is 5.76 Å². The minimum absolute atomic E-state index is 0.152. The lowest BCUT2D eigenvalue weighted by Gasteiger charge is -2.20. The minimum Gasteiger partial charge on any atom is -0.455 e. The SMILES string of the molecule is NCc1ccc(C(=O)NCC2CSCCS2)o1. The van der Waals surface area contributed by atoms with Crippen LogP contribution in [0.2, 0.25) is 0 Å². The Morgan fingerprint density at radius 3 is 3.06 bits per heavy atom. The number of hydrogen-bond acceptors (Lipinski definition) is 5. The van der Waals surface area contributed by atoms with Crippen LogP contribution in [-0.4, -0.2) is 35.0 Å². The normalized spacial score (nSPS) is 20.2. The highest BCUT2D eigenvalue weighted by atomic mass is 32.2. The third-order valence-electron chi connectivity index (χ3n) is 2.46. The number of carbonyl (C=O) groups excluding carboxylic acids is 1. The molecule has 17 heavy (non-hydrogen) atoms. The molecule has 1 aromatic heterocycles. The van der Waals surface area contributed by atoms with Gasteiger partial charge in [0.1, 0.15) is 5.76 Å². The summed E-state index contributed by atoms with van der Waals surface area (Å²) in [6, 6.07) is 3.40. The Bertz CT molecular complexity index is 375. The maximum absolute atomic E-state index is 11.8. The fourth-order valence-electron chi connectivity index (χ4n) is 1.56. The zero-order valence-electron chi connectivity index (χ0n) is 9.48. The van der Waals surface area contributed by atoms with Crippen LogP contribution in [0.15, 0.2) is 16.5 Å². The number of nitrogens with one attached hydrogen (secondary N) is 1. The fourth-order valence-corrected chi connectivity index (χ4v) is 4.17. The molecule has 1 unspecified atom stereocenters. The second kappa shape index (κ2) is 6.37. The molecule has 2 heterocycles. The molecule has 0 aliphatic carbocycles. The Morgan fingerprint density at radius 1 is 1.53 bits per heavy atom. The van der Waals surface area contributed by atoms with Crippen LogP contribution in [-0.2, 0) is 6.54 Å². The molecule has 1 aliphatic rings. The third kappa shape index (κ3) is 3.69. The highest BCUT2D eigenvalue weighted by Gasteiger charge is 2.17. The number of furan rings is 1. The van der Waals surface area contributed by atoms with Gasteiger partial charge >= 0.3 is 0 Å². The number of carbonyl (C=O) groups is 1. The lowest BCUT2D eigenvalue weighted by atomic mass is 10.4. The molecule has 0 saturated carbocycles. The second-order valence-corrected chi connectivity index (χ2v) is 6.31. The first-order valence-corrected chi connectivity index (χ1v) is 7.76. The van der Waals surface area contributed by atoms with Gasteiger partial charge in [-0.3, -0.25) is 4.79 Å². The van der Waals surface area contributed by atoms with Crippen LogP contribution in [0, 0.1) is 0 Å². The Morgan fingerprint density at radius 2 is 2.41 bits per heavy atom. The van der Waals surface area contributed by atoms with E-state index in [1.807, 2.05) is 23.5 Å². The quantitative estimate of drug-likeness (QED) is 0.865. The molecule has 3 N–H and O–H groups in total. The van der Waals surface area contributed by atoms with Crippen molar-refractivity contribution in [3.8, 4) is 0 Å². The molecular formula is C11H16N2O2S2. The van der Waals surface area contributed by atoms with E-state index in [0.29, 0.717) is 29.9 Å². The van der Waals surface area contributed by atoms with Crippen molar-refractivity contribution in [3.63, 3.8) is 0 Å². The molecule has 0 radical (unpaired) electrons. The van der Waals surface area contributed by atoms with Gasteiger partial charge in [-0.2, -0.15) is 23.5 Å². The molecule has 4 nitrogen and oxygen atoms in total. The Hall–Kier alpha value is -0.590. The minimum atomic E-state index is -0.152. The van der Waals surface area contributed by atoms with E-state index in [2.05, 4.69) is 5.32 Å². The van der Waals surface area contributed by atoms with Gasteiger partial charge < -0.3 is 15.5 Å². The molecule has 1 aliphatic heterocycles. The van der Waals surface area contributed by atoms with E-state index in [0.717, 1.165) is 5.75 Å².